The molecule has 0 aliphatic heterocycles. The minimum Gasteiger partial charge on any atom is -0.370 e. The zero-order chi connectivity index (χ0) is 11.8. The summed E-state index contributed by atoms with van der Waals surface area (Å²) in [5, 5.41) is 8.22. The lowest BCUT2D eigenvalue weighted by Gasteiger charge is -1.93. The molecule has 1 aromatic rings. The maximum atomic E-state index is 9.28. The van der Waals surface area contributed by atoms with Crippen LogP contribution < -0.4 is 28.3 Å². The SMILES string of the molecule is N=C(N)NC=O.Nc1nc(N)nc(N)n1. The van der Waals surface area contributed by atoms with Crippen LogP contribution in [-0.2, 0) is 4.79 Å². The van der Waals surface area contributed by atoms with Crippen LogP contribution in [0.15, 0.2) is 0 Å². The number of nitrogen functional groups attached to an aromatic ring is 3. The van der Waals surface area contributed by atoms with Crippen LogP contribution in [0.3, 0.4) is 0 Å². The van der Waals surface area contributed by atoms with Crippen LogP contribution in [0, 0.1) is 5.41 Å². The van der Waals surface area contributed by atoms with Crippen LogP contribution in [0.2, 0.25) is 0 Å². The van der Waals surface area contributed by atoms with Gasteiger partial charge in [-0.05, 0) is 0 Å². The van der Waals surface area contributed by atoms with Crippen LogP contribution in [0.4, 0.5) is 17.8 Å². The number of hydrogen-bond acceptors (Lipinski definition) is 8. The number of hydrogen-bond donors (Lipinski definition) is 6. The monoisotopic (exact) mass is 213 g/mol. The average molecular weight is 213 g/mol. The number of carbonyl (C=O) groups excluding carboxylic acids is 1. The van der Waals surface area contributed by atoms with E-state index in [1.807, 2.05) is 5.32 Å². The van der Waals surface area contributed by atoms with Crippen molar-refractivity contribution in [3.05, 3.63) is 0 Å². The van der Waals surface area contributed by atoms with E-state index in [0.29, 0.717) is 6.41 Å². The first-order valence-corrected chi connectivity index (χ1v) is 3.52. The standard InChI is InChI=1S/C3H6N6.C2H5N3O/c4-1-7-2(5)9-3(6)8-1;3-2(4)5-1-6/h(H6,4,5,6,7,8,9);1H,(H4,3,4,5,6). The Hall–Kier alpha value is -2.65. The van der Waals surface area contributed by atoms with Crippen molar-refractivity contribution in [2.24, 2.45) is 5.73 Å². The van der Waals surface area contributed by atoms with Gasteiger partial charge in [0, 0.05) is 0 Å². The highest BCUT2D eigenvalue weighted by molar-refractivity contribution is 5.84. The molecule has 0 aromatic carbocycles. The zero-order valence-corrected chi connectivity index (χ0v) is 7.64. The zero-order valence-electron chi connectivity index (χ0n) is 7.64. The molecule has 0 fully saturated rings. The van der Waals surface area contributed by atoms with Crippen molar-refractivity contribution in [1.82, 2.24) is 20.3 Å². The van der Waals surface area contributed by atoms with Gasteiger partial charge < -0.3 is 22.9 Å². The van der Waals surface area contributed by atoms with E-state index in [1.54, 1.807) is 0 Å². The average Bonchev–Trinajstić information content (AvgIpc) is 2.00. The van der Waals surface area contributed by atoms with Gasteiger partial charge in [-0.25, -0.2) is 0 Å². The highest BCUT2D eigenvalue weighted by Gasteiger charge is 1.93. The second kappa shape index (κ2) is 5.90. The van der Waals surface area contributed by atoms with Crippen LogP contribution in [-0.4, -0.2) is 27.3 Å². The summed E-state index contributed by atoms with van der Waals surface area (Å²) in [5.41, 5.74) is 20.1. The number of guanidine groups is 1. The number of amides is 1. The molecule has 10 nitrogen and oxygen atoms in total. The lowest BCUT2D eigenvalue weighted by Crippen LogP contribution is -2.28. The van der Waals surface area contributed by atoms with E-state index in [0.717, 1.165) is 0 Å². The van der Waals surface area contributed by atoms with Gasteiger partial charge in [0.1, 0.15) is 0 Å². The van der Waals surface area contributed by atoms with Crippen LogP contribution in [0.25, 0.3) is 0 Å². The quantitative estimate of drug-likeness (QED) is 0.164. The summed E-state index contributed by atoms with van der Waals surface area (Å²) in [5.74, 6) is -0.204. The van der Waals surface area contributed by atoms with E-state index >= 15 is 0 Å². The van der Waals surface area contributed by atoms with Gasteiger partial charge in [0.05, 0.1) is 0 Å². The number of nitrogens with one attached hydrogen (secondary N) is 2. The molecular formula is C5H11N9O. The molecule has 1 amide bonds. The Morgan fingerprint density at radius 2 is 1.47 bits per heavy atom. The second-order valence-corrected chi connectivity index (χ2v) is 2.09. The summed E-state index contributed by atoms with van der Waals surface area (Å²) in [6.45, 7) is 0. The molecule has 1 heterocycles. The maximum absolute atomic E-state index is 9.28. The number of nitrogens with zero attached hydrogens (tertiary/aromatic N) is 3. The number of carbonyl (C=O) groups is 1. The molecule has 15 heavy (non-hydrogen) atoms. The predicted octanol–water partition coefficient (Wildman–Crippen LogP) is -2.76. The molecule has 0 aliphatic rings. The molecule has 0 saturated carbocycles. The molecule has 0 atom stereocenters. The first-order valence-electron chi connectivity index (χ1n) is 3.52. The Kier molecular flexibility index (Phi) is 4.86. The fourth-order valence-corrected chi connectivity index (χ4v) is 0.491. The lowest BCUT2D eigenvalue weighted by atomic mass is 10.9. The fourth-order valence-electron chi connectivity index (χ4n) is 0.491. The summed E-state index contributed by atoms with van der Waals surface area (Å²) < 4.78 is 0. The van der Waals surface area contributed by atoms with Crippen molar-refractivity contribution in [1.29, 1.82) is 5.41 Å². The minimum atomic E-state index is -0.329. The maximum Gasteiger partial charge on any atom is 0.226 e. The molecule has 10 N–H and O–H groups in total. The third-order valence-electron chi connectivity index (χ3n) is 0.902. The van der Waals surface area contributed by atoms with Gasteiger partial charge in [-0.2, -0.15) is 15.0 Å². The van der Waals surface area contributed by atoms with Gasteiger partial charge in [-0.1, -0.05) is 0 Å². The molecule has 10 heteroatoms. The smallest absolute Gasteiger partial charge is 0.226 e. The van der Waals surface area contributed by atoms with E-state index in [1.165, 1.54) is 0 Å². The summed E-state index contributed by atoms with van der Waals surface area (Å²) in [7, 11) is 0. The molecule has 0 spiro atoms. The normalized spacial score (nSPS) is 8.27. The molecule has 82 valence electrons. The Morgan fingerprint density at radius 1 is 1.13 bits per heavy atom. The number of anilines is 3. The Bertz CT molecular complexity index is 300. The van der Waals surface area contributed by atoms with Gasteiger partial charge in [-0.15, -0.1) is 0 Å². The van der Waals surface area contributed by atoms with Crippen molar-refractivity contribution in [3.8, 4) is 0 Å². The third kappa shape index (κ3) is 6.51. The van der Waals surface area contributed by atoms with Crippen LogP contribution in [0.1, 0.15) is 0 Å². The van der Waals surface area contributed by atoms with E-state index in [9.17, 15) is 4.79 Å². The topological polar surface area (TPSA) is 196 Å². The molecule has 1 rings (SSSR count). The first-order chi connectivity index (χ1) is 6.95. The molecular weight excluding hydrogens is 202 g/mol. The van der Waals surface area contributed by atoms with Crippen molar-refractivity contribution in [3.63, 3.8) is 0 Å². The second-order valence-electron chi connectivity index (χ2n) is 2.09. The van der Waals surface area contributed by atoms with Crippen molar-refractivity contribution in [2.75, 3.05) is 17.2 Å². The molecule has 0 aliphatic carbocycles. The number of aromatic nitrogens is 3. The molecule has 0 radical (unpaired) electrons. The lowest BCUT2D eigenvalue weighted by molar-refractivity contribution is -0.108. The number of nitrogens with two attached hydrogens (primary N) is 4. The molecule has 0 bridgehead atoms. The van der Waals surface area contributed by atoms with Crippen LogP contribution in [0.5, 0.6) is 0 Å². The fraction of sp³-hybridized carbons (Fsp3) is 0. The van der Waals surface area contributed by atoms with Gasteiger partial charge in [0.25, 0.3) is 0 Å². The van der Waals surface area contributed by atoms with Crippen LogP contribution >= 0.6 is 0 Å². The summed E-state index contributed by atoms with van der Waals surface area (Å²) in [4.78, 5) is 19.7. The van der Waals surface area contributed by atoms with Crippen molar-refractivity contribution >= 4 is 30.2 Å². The van der Waals surface area contributed by atoms with E-state index in [2.05, 4.69) is 20.7 Å². The molecule has 1 aromatic heterocycles. The highest BCUT2D eigenvalue weighted by Crippen LogP contribution is 1.97. The largest absolute Gasteiger partial charge is 0.370 e. The van der Waals surface area contributed by atoms with Crippen molar-refractivity contribution in [2.45, 2.75) is 0 Å². The van der Waals surface area contributed by atoms with E-state index in [4.69, 9.17) is 22.6 Å². The third-order valence-corrected chi connectivity index (χ3v) is 0.902. The summed E-state index contributed by atoms with van der Waals surface area (Å²) >= 11 is 0. The predicted molar refractivity (Wildman–Crippen MR) is 54.2 cm³/mol. The molecule has 0 unspecified atom stereocenters. The molecule has 0 saturated heterocycles. The Morgan fingerprint density at radius 3 is 1.60 bits per heavy atom. The summed E-state index contributed by atoms with van der Waals surface area (Å²) in [6, 6.07) is 0. The summed E-state index contributed by atoms with van der Waals surface area (Å²) in [6.07, 6.45) is 0.350. The minimum absolute atomic E-state index is 0.0417. The van der Waals surface area contributed by atoms with Gasteiger partial charge in [0.2, 0.25) is 24.3 Å². The van der Waals surface area contributed by atoms with E-state index < -0.39 is 0 Å². The van der Waals surface area contributed by atoms with Gasteiger partial charge >= 0.3 is 0 Å². The van der Waals surface area contributed by atoms with Gasteiger partial charge in [-0.3, -0.25) is 15.5 Å². The van der Waals surface area contributed by atoms with Crippen molar-refractivity contribution < 1.29 is 4.79 Å². The first kappa shape index (κ1) is 12.3. The Balaban J connectivity index is 0.000000288. The Labute approximate surface area is 84.6 Å². The van der Waals surface area contributed by atoms with E-state index in [-0.39, 0.29) is 23.8 Å². The van der Waals surface area contributed by atoms with Gasteiger partial charge in [0.15, 0.2) is 5.96 Å². The highest BCUT2D eigenvalue weighted by atomic mass is 16.1. The number of rotatable bonds is 1.